The highest BCUT2D eigenvalue weighted by atomic mass is 19.1. The van der Waals surface area contributed by atoms with Crippen LogP contribution in [0.1, 0.15) is 19.4 Å². The third-order valence-corrected chi connectivity index (χ3v) is 2.99. The molecule has 0 aromatic heterocycles. The van der Waals surface area contributed by atoms with E-state index in [2.05, 4.69) is 10.6 Å². The van der Waals surface area contributed by atoms with E-state index in [0.29, 0.717) is 13.2 Å². The average molecular weight is 282 g/mol. The maximum atomic E-state index is 12.8. The van der Waals surface area contributed by atoms with E-state index in [1.54, 1.807) is 19.2 Å². The zero-order chi connectivity index (χ0) is 15.0. The summed E-state index contributed by atoms with van der Waals surface area (Å²) in [6, 6.07) is 6.27. The second kappa shape index (κ2) is 8.66. The van der Waals surface area contributed by atoms with Gasteiger partial charge in [0.25, 0.3) is 0 Å². The Morgan fingerprint density at radius 2 is 1.95 bits per heavy atom. The summed E-state index contributed by atoms with van der Waals surface area (Å²) in [4.78, 5) is 11.8. The average Bonchev–Trinajstić information content (AvgIpc) is 2.41. The molecule has 0 aliphatic heterocycles. The number of hydrogen-bond acceptors (Lipinski definition) is 3. The number of amides is 1. The highest BCUT2D eigenvalue weighted by Crippen LogP contribution is 2.06. The molecule has 1 aromatic carbocycles. The minimum atomic E-state index is -0.276. The van der Waals surface area contributed by atoms with Crippen molar-refractivity contribution in [1.82, 2.24) is 10.6 Å². The number of rotatable bonds is 8. The highest BCUT2D eigenvalue weighted by molar-refractivity contribution is 5.81. The molecule has 1 aromatic rings. The summed E-state index contributed by atoms with van der Waals surface area (Å²) < 4.78 is 17.7. The van der Waals surface area contributed by atoms with Crippen LogP contribution in [0.4, 0.5) is 4.39 Å². The normalized spacial score (nSPS) is 13.8. The number of nitrogens with one attached hydrogen (secondary N) is 2. The molecular weight excluding hydrogens is 259 g/mol. The van der Waals surface area contributed by atoms with E-state index >= 15 is 0 Å². The minimum Gasteiger partial charge on any atom is -0.383 e. The van der Waals surface area contributed by atoms with Crippen LogP contribution >= 0.6 is 0 Å². The first-order chi connectivity index (χ1) is 9.52. The monoisotopic (exact) mass is 282 g/mol. The molecule has 0 aliphatic rings. The lowest BCUT2D eigenvalue weighted by molar-refractivity contribution is -0.123. The van der Waals surface area contributed by atoms with Gasteiger partial charge >= 0.3 is 0 Å². The minimum absolute atomic E-state index is 0.0481. The Labute approximate surface area is 119 Å². The zero-order valence-corrected chi connectivity index (χ0v) is 12.3. The molecule has 1 rings (SSSR count). The molecule has 2 N–H and O–H groups in total. The smallest absolute Gasteiger partial charge is 0.236 e. The van der Waals surface area contributed by atoms with Gasteiger partial charge in [-0.3, -0.25) is 4.79 Å². The van der Waals surface area contributed by atoms with Crippen LogP contribution in [0.2, 0.25) is 0 Å². The molecule has 20 heavy (non-hydrogen) atoms. The molecule has 2 atom stereocenters. The Kier molecular flexibility index (Phi) is 7.18. The Morgan fingerprint density at radius 1 is 1.30 bits per heavy atom. The fourth-order valence-corrected chi connectivity index (χ4v) is 1.96. The quantitative estimate of drug-likeness (QED) is 0.710. The number of carbonyl (C=O) groups excluding carboxylic acids is 1. The molecule has 0 aliphatic carbocycles. The standard InChI is InChI=1S/C15H23FN2O2/c1-11(10-13-4-6-14(16)7-5-13)18-12(2)15(19)17-8-9-20-3/h4-7,11-12,18H,8-10H2,1-3H3,(H,17,19). The number of ether oxygens (including phenoxy) is 1. The third kappa shape index (κ3) is 6.12. The Bertz CT molecular complexity index is 409. The van der Waals surface area contributed by atoms with Crippen molar-refractivity contribution in [2.24, 2.45) is 0 Å². The molecular formula is C15H23FN2O2. The van der Waals surface area contributed by atoms with E-state index in [-0.39, 0.29) is 23.8 Å². The predicted octanol–water partition coefficient (Wildman–Crippen LogP) is 1.50. The van der Waals surface area contributed by atoms with Gasteiger partial charge in [-0.25, -0.2) is 4.39 Å². The van der Waals surface area contributed by atoms with E-state index < -0.39 is 0 Å². The number of halogens is 1. The summed E-state index contributed by atoms with van der Waals surface area (Å²) in [5.74, 6) is -0.284. The van der Waals surface area contributed by atoms with Gasteiger partial charge in [-0.1, -0.05) is 12.1 Å². The van der Waals surface area contributed by atoms with Crippen molar-refractivity contribution in [2.75, 3.05) is 20.3 Å². The fourth-order valence-electron chi connectivity index (χ4n) is 1.96. The molecule has 2 unspecified atom stereocenters. The van der Waals surface area contributed by atoms with E-state index in [0.717, 1.165) is 12.0 Å². The van der Waals surface area contributed by atoms with Gasteiger partial charge in [-0.15, -0.1) is 0 Å². The zero-order valence-electron chi connectivity index (χ0n) is 12.3. The van der Waals surface area contributed by atoms with Crippen molar-refractivity contribution >= 4 is 5.91 Å². The molecule has 1 amide bonds. The summed E-state index contributed by atoms with van der Waals surface area (Å²) in [5.41, 5.74) is 1.04. The van der Waals surface area contributed by atoms with Crippen molar-refractivity contribution in [1.29, 1.82) is 0 Å². The van der Waals surface area contributed by atoms with Crippen LogP contribution < -0.4 is 10.6 Å². The van der Waals surface area contributed by atoms with Gasteiger partial charge in [0.1, 0.15) is 5.82 Å². The first kappa shape index (κ1) is 16.6. The molecule has 4 nitrogen and oxygen atoms in total. The van der Waals surface area contributed by atoms with Crippen molar-refractivity contribution < 1.29 is 13.9 Å². The summed E-state index contributed by atoms with van der Waals surface area (Å²) in [6.45, 7) is 4.84. The Hall–Kier alpha value is -1.46. The lowest BCUT2D eigenvalue weighted by Gasteiger charge is -2.19. The lowest BCUT2D eigenvalue weighted by atomic mass is 10.1. The highest BCUT2D eigenvalue weighted by Gasteiger charge is 2.14. The summed E-state index contributed by atoms with van der Waals surface area (Å²) in [5, 5.41) is 6.01. The van der Waals surface area contributed by atoms with Gasteiger partial charge < -0.3 is 15.4 Å². The Balaban J connectivity index is 2.35. The number of benzene rings is 1. The maximum absolute atomic E-state index is 12.8. The number of methoxy groups -OCH3 is 1. The largest absolute Gasteiger partial charge is 0.383 e. The van der Waals surface area contributed by atoms with Crippen molar-refractivity contribution in [3.63, 3.8) is 0 Å². The second-order valence-electron chi connectivity index (χ2n) is 4.90. The van der Waals surface area contributed by atoms with Crippen LogP contribution in [0.5, 0.6) is 0 Å². The van der Waals surface area contributed by atoms with Crippen molar-refractivity contribution in [3.8, 4) is 0 Å². The van der Waals surface area contributed by atoms with Gasteiger partial charge in [0.05, 0.1) is 12.6 Å². The summed E-state index contributed by atoms with van der Waals surface area (Å²) in [6.07, 6.45) is 0.746. The van der Waals surface area contributed by atoms with E-state index in [1.165, 1.54) is 12.1 Å². The molecule has 0 spiro atoms. The van der Waals surface area contributed by atoms with E-state index in [9.17, 15) is 9.18 Å². The SMILES string of the molecule is COCCNC(=O)C(C)NC(C)Cc1ccc(F)cc1. The van der Waals surface area contributed by atoms with Crippen molar-refractivity contribution in [2.45, 2.75) is 32.4 Å². The predicted molar refractivity (Wildman–Crippen MR) is 77.0 cm³/mol. The first-order valence-corrected chi connectivity index (χ1v) is 6.80. The number of hydrogen-bond donors (Lipinski definition) is 2. The van der Waals surface area contributed by atoms with Crippen LogP contribution in [-0.2, 0) is 16.0 Å². The topological polar surface area (TPSA) is 50.4 Å². The van der Waals surface area contributed by atoms with Crippen LogP contribution in [0.15, 0.2) is 24.3 Å². The van der Waals surface area contributed by atoms with Crippen LogP contribution in [0.3, 0.4) is 0 Å². The van der Waals surface area contributed by atoms with Crippen LogP contribution in [0, 0.1) is 5.82 Å². The van der Waals surface area contributed by atoms with E-state index in [1.807, 2.05) is 13.8 Å². The molecule has 5 heteroatoms. The molecule has 0 saturated heterocycles. The number of carbonyl (C=O) groups is 1. The van der Waals surface area contributed by atoms with Gasteiger partial charge in [0, 0.05) is 19.7 Å². The second-order valence-corrected chi connectivity index (χ2v) is 4.90. The molecule has 0 radical (unpaired) electrons. The summed E-state index contributed by atoms with van der Waals surface area (Å²) in [7, 11) is 1.60. The molecule has 0 bridgehead atoms. The van der Waals surface area contributed by atoms with E-state index in [4.69, 9.17) is 4.74 Å². The third-order valence-electron chi connectivity index (χ3n) is 2.99. The van der Waals surface area contributed by atoms with Gasteiger partial charge in [0.2, 0.25) is 5.91 Å². The van der Waals surface area contributed by atoms with Gasteiger partial charge in [0.15, 0.2) is 0 Å². The van der Waals surface area contributed by atoms with Gasteiger partial charge in [-0.2, -0.15) is 0 Å². The lowest BCUT2D eigenvalue weighted by Crippen LogP contribution is -2.47. The van der Waals surface area contributed by atoms with Crippen LogP contribution in [-0.4, -0.2) is 38.3 Å². The van der Waals surface area contributed by atoms with Crippen LogP contribution in [0.25, 0.3) is 0 Å². The summed E-state index contributed by atoms with van der Waals surface area (Å²) >= 11 is 0. The molecule has 0 saturated carbocycles. The molecule has 112 valence electrons. The fraction of sp³-hybridized carbons (Fsp3) is 0.533. The molecule has 0 fully saturated rings. The maximum Gasteiger partial charge on any atom is 0.236 e. The van der Waals surface area contributed by atoms with Crippen molar-refractivity contribution in [3.05, 3.63) is 35.6 Å². The van der Waals surface area contributed by atoms with Gasteiger partial charge in [-0.05, 0) is 38.0 Å². The molecule has 0 heterocycles. The first-order valence-electron chi connectivity index (χ1n) is 6.80. The Morgan fingerprint density at radius 3 is 2.55 bits per heavy atom.